The summed E-state index contributed by atoms with van der Waals surface area (Å²) in [4.78, 5) is 10.4. The van der Waals surface area contributed by atoms with Crippen LogP contribution < -0.4 is 5.73 Å². The SMILES string of the molecule is CC(C)C#C[C@@H](C)N(O)C(N)=O. The van der Waals surface area contributed by atoms with E-state index in [0.29, 0.717) is 5.06 Å². The van der Waals surface area contributed by atoms with Gasteiger partial charge in [-0.05, 0) is 6.92 Å². The van der Waals surface area contributed by atoms with Crippen LogP contribution in [0.5, 0.6) is 0 Å². The van der Waals surface area contributed by atoms with E-state index in [1.54, 1.807) is 6.92 Å². The van der Waals surface area contributed by atoms with Gasteiger partial charge in [-0.3, -0.25) is 5.21 Å². The fourth-order valence-electron chi connectivity index (χ4n) is 0.539. The van der Waals surface area contributed by atoms with Crippen LogP contribution in [-0.2, 0) is 0 Å². The summed E-state index contributed by atoms with van der Waals surface area (Å²) in [7, 11) is 0. The van der Waals surface area contributed by atoms with E-state index >= 15 is 0 Å². The van der Waals surface area contributed by atoms with Gasteiger partial charge < -0.3 is 5.73 Å². The van der Waals surface area contributed by atoms with Gasteiger partial charge in [0.15, 0.2) is 0 Å². The van der Waals surface area contributed by atoms with E-state index in [-0.39, 0.29) is 5.92 Å². The van der Waals surface area contributed by atoms with E-state index in [1.807, 2.05) is 13.8 Å². The van der Waals surface area contributed by atoms with Crippen LogP contribution in [0.3, 0.4) is 0 Å². The quantitative estimate of drug-likeness (QED) is 0.347. The third-order valence-corrected chi connectivity index (χ3v) is 1.17. The van der Waals surface area contributed by atoms with Gasteiger partial charge in [0.25, 0.3) is 0 Å². The van der Waals surface area contributed by atoms with E-state index < -0.39 is 12.1 Å². The van der Waals surface area contributed by atoms with Gasteiger partial charge in [0.2, 0.25) is 0 Å². The standard InChI is InChI=1S/C8H14N2O2/c1-6(2)4-5-7(3)10(12)8(9)11/h6-7,12H,1-3H3,(H2,9,11)/t7-/m1/s1. The second kappa shape index (κ2) is 4.62. The normalized spacial score (nSPS) is 11.8. The average Bonchev–Trinajstić information content (AvgIpc) is 1.98. The third-order valence-electron chi connectivity index (χ3n) is 1.17. The number of hydrogen-bond acceptors (Lipinski definition) is 2. The molecule has 0 rings (SSSR count). The molecule has 4 nitrogen and oxygen atoms in total. The van der Waals surface area contributed by atoms with Crippen molar-refractivity contribution >= 4 is 6.03 Å². The van der Waals surface area contributed by atoms with Crippen LogP contribution in [0.2, 0.25) is 0 Å². The first-order valence-corrected chi connectivity index (χ1v) is 3.73. The molecule has 68 valence electrons. The van der Waals surface area contributed by atoms with Gasteiger partial charge in [0, 0.05) is 5.92 Å². The smallest absolute Gasteiger partial charge is 0.339 e. The van der Waals surface area contributed by atoms with Crippen molar-refractivity contribution in [2.45, 2.75) is 26.8 Å². The van der Waals surface area contributed by atoms with Gasteiger partial charge in [-0.1, -0.05) is 25.7 Å². The maximum absolute atomic E-state index is 10.4. The Morgan fingerprint density at radius 2 is 1.92 bits per heavy atom. The Morgan fingerprint density at radius 1 is 1.42 bits per heavy atom. The second-order valence-corrected chi connectivity index (χ2v) is 2.80. The lowest BCUT2D eigenvalue weighted by Gasteiger charge is -2.14. The van der Waals surface area contributed by atoms with Crippen LogP contribution in [0.4, 0.5) is 4.79 Å². The minimum Gasteiger partial charge on any atom is -0.350 e. The first-order chi connectivity index (χ1) is 5.45. The predicted octanol–water partition coefficient (Wildman–Crippen LogP) is 0.804. The monoisotopic (exact) mass is 170 g/mol. The Bertz CT molecular complexity index is 215. The summed E-state index contributed by atoms with van der Waals surface area (Å²) >= 11 is 0. The summed E-state index contributed by atoms with van der Waals surface area (Å²) in [6.07, 6.45) is 0. The van der Waals surface area contributed by atoms with Crippen molar-refractivity contribution in [1.82, 2.24) is 5.06 Å². The lowest BCUT2D eigenvalue weighted by Crippen LogP contribution is -2.38. The molecule has 0 spiro atoms. The van der Waals surface area contributed by atoms with Crippen molar-refractivity contribution in [3.8, 4) is 11.8 Å². The number of rotatable bonds is 1. The van der Waals surface area contributed by atoms with Crippen molar-refractivity contribution in [2.75, 3.05) is 0 Å². The van der Waals surface area contributed by atoms with Gasteiger partial charge in [-0.15, -0.1) is 0 Å². The maximum Gasteiger partial charge on any atom is 0.339 e. The summed E-state index contributed by atoms with van der Waals surface area (Å²) in [5.74, 6) is 5.73. The fourth-order valence-corrected chi connectivity index (χ4v) is 0.539. The number of nitrogens with zero attached hydrogens (tertiary/aromatic N) is 1. The van der Waals surface area contributed by atoms with Gasteiger partial charge in [-0.2, -0.15) is 5.06 Å². The van der Waals surface area contributed by atoms with Crippen LogP contribution in [0.25, 0.3) is 0 Å². The molecule has 0 aromatic carbocycles. The van der Waals surface area contributed by atoms with E-state index in [9.17, 15) is 4.79 Å². The van der Waals surface area contributed by atoms with E-state index in [1.165, 1.54) is 0 Å². The molecule has 2 amide bonds. The molecule has 3 N–H and O–H groups in total. The van der Waals surface area contributed by atoms with Crippen LogP contribution >= 0.6 is 0 Å². The summed E-state index contributed by atoms with van der Waals surface area (Å²) in [6, 6.07) is -1.44. The number of primary amides is 1. The number of hydrogen-bond donors (Lipinski definition) is 2. The first-order valence-electron chi connectivity index (χ1n) is 3.73. The van der Waals surface area contributed by atoms with Crippen LogP contribution in [-0.4, -0.2) is 22.3 Å². The highest BCUT2D eigenvalue weighted by molar-refractivity contribution is 5.71. The van der Waals surface area contributed by atoms with Crippen molar-refractivity contribution < 1.29 is 10.0 Å². The van der Waals surface area contributed by atoms with Crippen LogP contribution in [0.1, 0.15) is 20.8 Å². The summed E-state index contributed by atoms with van der Waals surface area (Å²) in [5, 5.41) is 9.38. The summed E-state index contributed by atoms with van der Waals surface area (Å²) < 4.78 is 0. The second-order valence-electron chi connectivity index (χ2n) is 2.80. The lowest BCUT2D eigenvalue weighted by atomic mass is 10.2. The van der Waals surface area contributed by atoms with E-state index in [2.05, 4.69) is 11.8 Å². The molecular weight excluding hydrogens is 156 g/mol. The molecule has 0 radical (unpaired) electrons. The number of hydroxylamine groups is 2. The molecule has 4 heteroatoms. The number of carbonyl (C=O) groups is 1. The molecule has 0 unspecified atom stereocenters. The van der Waals surface area contributed by atoms with Crippen LogP contribution in [0.15, 0.2) is 0 Å². The van der Waals surface area contributed by atoms with Gasteiger partial charge in [-0.25, -0.2) is 4.79 Å². The molecule has 12 heavy (non-hydrogen) atoms. The molecule has 0 aliphatic rings. The Morgan fingerprint density at radius 3 is 2.25 bits per heavy atom. The first kappa shape index (κ1) is 10.8. The molecule has 0 aromatic rings. The zero-order valence-electron chi connectivity index (χ0n) is 7.53. The Labute approximate surface area is 72.3 Å². The van der Waals surface area contributed by atoms with E-state index in [4.69, 9.17) is 10.9 Å². The number of amides is 2. The highest BCUT2D eigenvalue weighted by Crippen LogP contribution is 1.94. The van der Waals surface area contributed by atoms with E-state index in [0.717, 1.165) is 0 Å². The van der Waals surface area contributed by atoms with Crippen LogP contribution in [0, 0.1) is 17.8 Å². The summed E-state index contributed by atoms with van der Waals surface area (Å²) in [6.45, 7) is 5.44. The minimum atomic E-state index is -0.888. The number of nitrogens with two attached hydrogens (primary N) is 1. The van der Waals surface area contributed by atoms with Gasteiger partial charge in [0.1, 0.15) is 6.04 Å². The molecular formula is C8H14N2O2. The molecule has 0 aromatic heterocycles. The Balaban J connectivity index is 4.15. The van der Waals surface area contributed by atoms with Crippen molar-refractivity contribution in [3.05, 3.63) is 0 Å². The van der Waals surface area contributed by atoms with Crippen molar-refractivity contribution in [3.63, 3.8) is 0 Å². The molecule has 1 atom stereocenters. The third kappa shape index (κ3) is 3.84. The number of urea groups is 1. The molecule has 0 aliphatic carbocycles. The van der Waals surface area contributed by atoms with Gasteiger partial charge in [0.05, 0.1) is 0 Å². The molecule has 0 fully saturated rings. The maximum atomic E-state index is 10.4. The molecule has 0 saturated heterocycles. The molecule has 0 saturated carbocycles. The Kier molecular flexibility index (Phi) is 4.16. The van der Waals surface area contributed by atoms with Gasteiger partial charge >= 0.3 is 6.03 Å². The highest BCUT2D eigenvalue weighted by atomic mass is 16.5. The molecule has 0 aliphatic heterocycles. The topological polar surface area (TPSA) is 66.6 Å². The predicted molar refractivity (Wildman–Crippen MR) is 45.3 cm³/mol. The summed E-state index contributed by atoms with van der Waals surface area (Å²) in [5.41, 5.74) is 4.81. The minimum absolute atomic E-state index is 0.216. The zero-order chi connectivity index (χ0) is 9.72. The lowest BCUT2D eigenvalue weighted by molar-refractivity contribution is -0.0537. The fraction of sp³-hybridized carbons (Fsp3) is 0.625. The number of carbonyl (C=O) groups excluding carboxylic acids is 1. The average molecular weight is 170 g/mol. The highest BCUT2D eigenvalue weighted by Gasteiger charge is 2.11. The molecule has 0 heterocycles. The Hall–Kier alpha value is -1.21. The van der Waals surface area contributed by atoms with Crippen molar-refractivity contribution in [2.24, 2.45) is 11.7 Å². The zero-order valence-corrected chi connectivity index (χ0v) is 7.53. The molecule has 0 bridgehead atoms. The van der Waals surface area contributed by atoms with Crippen molar-refractivity contribution in [1.29, 1.82) is 0 Å². The largest absolute Gasteiger partial charge is 0.350 e.